The number of hydrogen-bond acceptors (Lipinski definition) is 9. The maximum absolute atomic E-state index is 13.2. The highest BCUT2D eigenvalue weighted by molar-refractivity contribution is 6.00. The van der Waals surface area contributed by atoms with E-state index in [2.05, 4.69) is 15.5 Å². The van der Waals surface area contributed by atoms with Crippen molar-refractivity contribution in [1.82, 2.24) is 29.7 Å². The quantitative estimate of drug-likeness (QED) is 0.272. The summed E-state index contributed by atoms with van der Waals surface area (Å²) < 4.78 is 8.77. The van der Waals surface area contributed by atoms with Crippen molar-refractivity contribution in [2.45, 2.75) is 31.5 Å². The van der Waals surface area contributed by atoms with Crippen LogP contribution in [-0.2, 0) is 32.8 Å². The molecule has 2 saturated heterocycles. The van der Waals surface area contributed by atoms with Gasteiger partial charge < -0.3 is 14.9 Å². The lowest BCUT2D eigenvalue weighted by Crippen LogP contribution is -2.48. The zero-order valence-corrected chi connectivity index (χ0v) is 23.4. The molecule has 2 fully saturated rings. The second-order valence-electron chi connectivity index (χ2n) is 10.5. The third-order valence-electron chi connectivity index (χ3n) is 7.58. The van der Waals surface area contributed by atoms with Crippen molar-refractivity contribution in [1.29, 1.82) is 0 Å². The molecule has 0 radical (unpaired) electrons. The van der Waals surface area contributed by atoms with Gasteiger partial charge in [0.15, 0.2) is 0 Å². The number of nitrogens with one attached hydrogen (secondary N) is 2. The molecule has 12 heteroatoms. The Morgan fingerprint density at radius 3 is 2.71 bits per heavy atom. The van der Waals surface area contributed by atoms with E-state index < -0.39 is 17.9 Å². The molecule has 1 unspecified atom stereocenters. The maximum atomic E-state index is 13.2. The molecule has 3 heterocycles. The number of morpholine rings is 1. The molecular weight excluding hydrogens is 528 g/mol. The number of imidazole rings is 1. The monoisotopic (exact) mass is 564 g/mol. The van der Waals surface area contributed by atoms with Gasteiger partial charge in [-0.25, -0.2) is 9.59 Å². The molecular formula is C29H36N6O6. The number of rotatable bonds is 10. The number of likely N-dealkylation sites (N-methyl/N-ethyl adjacent to an activating group) is 1. The fourth-order valence-corrected chi connectivity index (χ4v) is 5.43. The standard InChI is InChI=1S/C29H36N6O6/c1-30-17-22-19-33(14-15-40-22)12-13-34(41-28(38)21-6-4-3-5-7-21)18-20-8-9-23-25(16-20)32(2)29(39)35(23)24-10-11-26(36)31-27(24)37/h3-9,16,22,24,30H,10-15,17-19H2,1-2H3,(H,31,36,37)/t22-,24?/m1/s1. The molecule has 2 amide bonds. The lowest BCUT2D eigenvalue weighted by atomic mass is 10.1. The Bertz CT molecular complexity index is 1470. The van der Waals surface area contributed by atoms with E-state index in [-0.39, 0.29) is 30.5 Å². The minimum atomic E-state index is -0.752. The van der Waals surface area contributed by atoms with Crippen molar-refractivity contribution in [2.24, 2.45) is 7.05 Å². The number of aryl methyl sites for hydroxylation is 1. The van der Waals surface area contributed by atoms with Gasteiger partial charge >= 0.3 is 11.7 Å². The Hall–Kier alpha value is -3.84. The van der Waals surface area contributed by atoms with E-state index in [0.717, 1.165) is 25.2 Å². The zero-order chi connectivity index (χ0) is 28.9. The fourth-order valence-electron chi connectivity index (χ4n) is 5.43. The summed E-state index contributed by atoms with van der Waals surface area (Å²) in [6, 6.07) is 13.6. The van der Waals surface area contributed by atoms with Gasteiger partial charge in [0.05, 0.1) is 35.9 Å². The highest BCUT2D eigenvalue weighted by Crippen LogP contribution is 2.24. The van der Waals surface area contributed by atoms with Crippen LogP contribution in [0.25, 0.3) is 11.0 Å². The lowest BCUT2D eigenvalue weighted by molar-refractivity contribution is -0.135. The predicted octanol–water partition coefficient (Wildman–Crippen LogP) is 0.812. The van der Waals surface area contributed by atoms with Gasteiger partial charge in [-0.1, -0.05) is 24.3 Å². The molecule has 0 spiro atoms. The molecule has 3 aromatic rings. The normalized spacial score (nSPS) is 20.0. The summed E-state index contributed by atoms with van der Waals surface area (Å²) in [5, 5.41) is 7.13. The van der Waals surface area contributed by atoms with Crippen molar-refractivity contribution in [3.05, 3.63) is 70.1 Å². The summed E-state index contributed by atoms with van der Waals surface area (Å²) in [5.41, 5.74) is 2.21. The van der Waals surface area contributed by atoms with Crippen LogP contribution in [0.2, 0.25) is 0 Å². The van der Waals surface area contributed by atoms with Crippen LogP contribution in [-0.4, -0.2) is 89.4 Å². The van der Waals surface area contributed by atoms with E-state index in [1.54, 1.807) is 42.4 Å². The second kappa shape index (κ2) is 12.8. The summed E-state index contributed by atoms with van der Waals surface area (Å²) >= 11 is 0. The number of hydroxylamine groups is 2. The SMILES string of the molecule is CNC[C@@H]1CN(CCN(Cc2ccc3c(c2)n(C)c(=O)n3C2CCC(=O)NC2=O)OC(=O)c2ccccc2)CCO1. The first-order valence-corrected chi connectivity index (χ1v) is 13.9. The first-order chi connectivity index (χ1) is 19.8. The molecule has 5 rings (SSSR count). The van der Waals surface area contributed by atoms with Crippen molar-refractivity contribution >= 4 is 28.8 Å². The third-order valence-corrected chi connectivity index (χ3v) is 7.58. The van der Waals surface area contributed by atoms with Crippen LogP contribution in [0.15, 0.2) is 53.3 Å². The molecule has 41 heavy (non-hydrogen) atoms. The number of hydrogen-bond donors (Lipinski definition) is 2. The van der Waals surface area contributed by atoms with Crippen LogP contribution >= 0.6 is 0 Å². The van der Waals surface area contributed by atoms with Gasteiger partial charge in [0.1, 0.15) is 6.04 Å². The second-order valence-corrected chi connectivity index (χ2v) is 10.5. The third kappa shape index (κ3) is 6.57. The number of nitrogens with zero attached hydrogens (tertiary/aromatic N) is 4. The smallest absolute Gasteiger partial charge is 0.357 e. The Morgan fingerprint density at radius 1 is 1.15 bits per heavy atom. The van der Waals surface area contributed by atoms with Crippen LogP contribution in [0.4, 0.5) is 0 Å². The number of imide groups is 1. The average Bonchev–Trinajstić information content (AvgIpc) is 3.21. The number of carbonyl (C=O) groups excluding carboxylic acids is 3. The van der Waals surface area contributed by atoms with E-state index in [9.17, 15) is 19.2 Å². The number of amides is 2. The van der Waals surface area contributed by atoms with Gasteiger partial charge in [0.25, 0.3) is 0 Å². The number of piperidine rings is 1. The van der Waals surface area contributed by atoms with Gasteiger partial charge in [-0.15, -0.1) is 5.06 Å². The number of benzene rings is 2. The summed E-state index contributed by atoms with van der Waals surface area (Å²) in [6.07, 6.45) is 0.551. The molecule has 2 N–H and O–H groups in total. The molecule has 218 valence electrons. The Balaban J connectivity index is 1.36. The van der Waals surface area contributed by atoms with Crippen LogP contribution in [0.1, 0.15) is 34.8 Å². The van der Waals surface area contributed by atoms with E-state index in [1.807, 2.05) is 25.2 Å². The topological polar surface area (TPSA) is 127 Å². The Morgan fingerprint density at radius 2 is 1.95 bits per heavy atom. The highest BCUT2D eigenvalue weighted by atomic mass is 16.7. The van der Waals surface area contributed by atoms with Crippen molar-refractivity contribution in [3.8, 4) is 0 Å². The van der Waals surface area contributed by atoms with Crippen LogP contribution in [0.3, 0.4) is 0 Å². The molecule has 12 nitrogen and oxygen atoms in total. The van der Waals surface area contributed by atoms with Gasteiger partial charge in [-0.3, -0.25) is 28.9 Å². The van der Waals surface area contributed by atoms with Crippen molar-refractivity contribution in [2.75, 3.05) is 46.4 Å². The molecule has 2 aliphatic heterocycles. The maximum Gasteiger partial charge on any atom is 0.357 e. The molecule has 1 aromatic heterocycles. The molecule has 0 bridgehead atoms. The lowest BCUT2D eigenvalue weighted by Gasteiger charge is -2.34. The van der Waals surface area contributed by atoms with E-state index in [4.69, 9.17) is 9.57 Å². The molecule has 0 aliphatic carbocycles. The first-order valence-electron chi connectivity index (χ1n) is 13.9. The van der Waals surface area contributed by atoms with Gasteiger partial charge in [0, 0.05) is 46.2 Å². The number of aromatic nitrogens is 2. The molecule has 0 saturated carbocycles. The summed E-state index contributed by atoms with van der Waals surface area (Å²) in [4.78, 5) is 58.4. The summed E-state index contributed by atoms with van der Waals surface area (Å²) in [7, 11) is 3.56. The average molecular weight is 565 g/mol. The minimum Gasteiger partial charge on any atom is -0.374 e. The summed E-state index contributed by atoms with van der Waals surface area (Å²) in [5.74, 6) is -1.25. The summed E-state index contributed by atoms with van der Waals surface area (Å²) in [6.45, 7) is 4.44. The minimum absolute atomic E-state index is 0.103. The van der Waals surface area contributed by atoms with E-state index in [1.165, 1.54) is 9.13 Å². The predicted molar refractivity (Wildman–Crippen MR) is 151 cm³/mol. The zero-order valence-electron chi connectivity index (χ0n) is 23.4. The Labute approximate surface area is 237 Å². The van der Waals surface area contributed by atoms with Gasteiger partial charge in [0.2, 0.25) is 11.8 Å². The van der Waals surface area contributed by atoms with Crippen molar-refractivity contribution in [3.63, 3.8) is 0 Å². The van der Waals surface area contributed by atoms with Gasteiger partial charge in [-0.05, 0) is 43.3 Å². The number of fused-ring (bicyclic) bond motifs is 1. The Kier molecular flexibility index (Phi) is 8.93. The largest absolute Gasteiger partial charge is 0.374 e. The fraction of sp³-hybridized carbons (Fsp3) is 0.448. The van der Waals surface area contributed by atoms with Gasteiger partial charge in [-0.2, -0.15) is 0 Å². The van der Waals surface area contributed by atoms with E-state index >= 15 is 0 Å². The first kappa shape index (κ1) is 28.7. The van der Waals surface area contributed by atoms with Crippen LogP contribution in [0.5, 0.6) is 0 Å². The van der Waals surface area contributed by atoms with Crippen LogP contribution in [0, 0.1) is 0 Å². The molecule has 2 aliphatic rings. The highest BCUT2D eigenvalue weighted by Gasteiger charge is 2.31. The van der Waals surface area contributed by atoms with Crippen molar-refractivity contribution < 1.29 is 24.0 Å². The molecule has 2 atom stereocenters. The van der Waals surface area contributed by atoms with E-state index in [0.29, 0.717) is 42.8 Å². The van der Waals surface area contributed by atoms with Crippen LogP contribution < -0.4 is 16.3 Å². The molecule has 2 aromatic carbocycles. The number of ether oxygens (including phenoxy) is 1. The number of carbonyl (C=O) groups is 3.